The van der Waals surface area contributed by atoms with Gasteiger partial charge in [0.05, 0.1) is 0 Å². The van der Waals surface area contributed by atoms with Crippen molar-refractivity contribution in [2.75, 3.05) is 0 Å². The van der Waals surface area contributed by atoms with Gasteiger partial charge in [-0.2, -0.15) is 0 Å². The second kappa shape index (κ2) is 63.0. The molecule has 0 heterocycles. The van der Waals surface area contributed by atoms with Gasteiger partial charge in [-0.3, -0.25) is 0 Å². The summed E-state index contributed by atoms with van der Waals surface area (Å²) in [5.74, 6) is -4.25. The molecule has 0 atom stereocenters. The van der Waals surface area contributed by atoms with E-state index in [1.807, 2.05) is 55.4 Å². The predicted octanol–water partition coefficient (Wildman–Crippen LogP) is 24.4. The molecule has 0 N–H and O–H groups in total. The lowest BCUT2D eigenvalue weighted by Crippen LogP contribution is -2.33. The maximum absolute atomic E-state index is 11.5. The lowest BCUT2D eigenvalue weighted by molar-refractivity contribution is -0.185. The van der Waals surface area contributed by atoms with Gasteiger partial charge in [0.2, 0.25) is 0 Å². The molecule has 0 aromatic rings. The molecule has 386 valence electrons. The van der Waals surface area contributed by atoms with Crippen LogP contribution >= 0.6 is 0 Å². The molecule has 0 saturated carbocycles. The maximum Gasteiger partial charge on any atom is 0.307 e. The van der Waals surface area contributed by atoms with Crippen molar-refractivity contribution in [3.63, 3.8) is 0 Å². The van der Waals surface area contributed by atoms with Crippen molar-refractivity contribution in [2.45, 2.75) is 326 Å². The zero-order valence-corrected chi connectivity index (χ0v) is 50.5. The van der Waals surface area contributed by atoms with E-state index in [0.29, 0.717) is 21.7 Å². The van der Waals surface area contributed by atoms with Gasteiger partial charge in [-0.1, -0.05) is 301 Å². The highest BCUT2D eigenvalue weighted by Crippen LogP contribution is 2.32. The summed E-state index contributed by atoms with van der Waals surface area (Å²) in [5, 5.41) is 0. The van der Waals surface area contributed by atoms with E-state index in [4.69, 9.17) is 0 Å². The number of rotatable bonds is 7. The van der Waals surface area contributed by atoms with Crippen molar-refractivity contribution in [3.8, 4) is 0 Å². The molecule has 4 heteroatoms. The lowest BCUT2D eigenvalue weighted by atomic mass is 9.88. The summed E-state index contributed by atoms with van der Waals surface area (Å²) in [6.45, 7) is 78.6. The molecule has 0 saturated heterocycles. The van der Waals surface area contributed by atoms with Crippen LogP contribution < -0.4 is 0 Å². The van der Waals surface area contributed by atoms with Gasteiger partial charge in [0.15, 0.2) is 0 Å². The average molecular weight is 884 g/mol. The molecule has 0 aromatic carbocycles. The van der Waals surface area contributed by atoms with E-state index in [1.165, 1.54) is 51.4 Å². The van der Waals surface area contributed by atoms with Crippen LogP contribution in [0.5, 0.6) is 0 Å². The first-order valence-corrected chi connectivity index (χ1v) is 25.3. The monoisotopic (exact) mass is 883 g/mol. The summed E-state index contributed by atoms with van der Waals surface area (Å²) >= 11 is 0. The Morgan fingerprint density at radius 3 is 0.433 bits per heavy atom. The quantitative estimate of drug-likeness (QED) is 0.224. The van der Waals surface area contributed by atoms with Crippen LogP contribution in [0.25, 0.3) is 0 Å². The molecule has 0 aliphatic heterocycles. The fourth-order valence-corrected chi connectivity index (χ4v) is 0.539. The van der Waals surface area contributed by atoms with E-state index in [-0.39, 0.29) is 13.8 Å². The molecule has 0 rings (SSSR count). The Balaban J connectivity index is -0.0000000370. The first-order chi connectivity index (χ1) is 26.6. The number of halogens is 4. The highest BCUT2D eigenvalue weighted by atomic mass is 19.3. The Hall–Kier alpha value is -0.280. The van der Waals surface area contributed by atoms with Crippen LogP contribution in [0.15, 0.2) is 0 Å². The second-order valence-corrected chi connectivity index (χ2v) is 20.7. The van der Waals surface area contributed by atoms with Crippen molar-refractivity contribution < 1.29 is 17.6 Å². The first-order valence-electron chi connectivity index (χ1n) is 25.3. The molecular weight excluding hydrogens is 749 g/mol. The van der Waals surface area contributed by atoms with Gasteiger partial charge in [0.1, 0.15) is 0 Å². The number of hydrogen-bond acceptors (Lipinski definition) is 0. The topological polar surface area (TPSA) is 0 Å². The fourth-order valence-electron chi connectivity index (χ4n) is 0.539. The minimum Gasteiger partial charge on any atom is -0.200 e. The van der Waals surface area contributed by atoms with Gasteiger partial charge < -0.3 is 0 Å². The molecule has 60 heavy (non-hydrogen) atoms. The van der Waals surface area contributed by atoms with E-state index in [0.717, 1.165) is 23.7 Å². The largest absolute Gasteiger partial charge is 0.307 e. The van der Waals surface area contributed by atoms with Crippen LogP contribution in [0.1, 0.15) is 314 Å². The lowest BCUT2D eigenvalue weighted by Gasteiger charge is -2.18. The molecule has 0 aliphatic carbocycles. The summed E-state index contributed by atoms with van der Waals surface area (Å²) in [6, 6.07) is 0. The predicted molar refractivity (Wildman–Crippen MR) is 286 cm³/mol. The van der Waals surface area contributed by atoms with Crippen LogP contribution in [0.4, 0.5) is 17.6 Å². The minimum absolute atomic E-state index is 0.188. The molecule has 0 radical (unpaired) electrons. The normalized spacial score (nSPS) is 10.3. The SMILES string of the molecule is CC.CC.CC.CC.CC(C)(C)C.CC(C)C.CC(F)(F)C(C)(F)F.CCC(C)(C)C.CCC(C)(C)C.CCC(C)(C)CC.CCC(C)C.CCC(C)C.CCC(C)CC. The van der Waals surface area contributed by atoms with Crippen molar-refractivity contribution >= 4 is 0 Å². The highest BCUT2D eigenvalue weighted by molar-refractivity contribution is 4.74. The molecule has 0 aliphatic rings. The van der Waals surface area contributed by atoms with Crippen molar-refractivity contribution in [1.29, 1.82) is 0 Å². The van der Waals surface area contributed by atoms with E-state index in [2.05, 4.69) is 194 Å². The van der Waals surface area contributed by atoms with Crippen LogP contribution in [0.3, 0.4) is 0 Å². The van der Waals surface area contributed by atoms with Crippen molar-refractivity contribution in [2.24, 2.45) is 45.3 Å². The van der Waals surface area contributed by atoms with Gasteiger partial charge in [-0.15, -0.1) is 0 Å². The number of hydrogen-bond donors (Lipinski definition) is 0. The number of alkyl halides is 4. The molecular formula is C56H134F4. The molecule has 0 bridgehead atoms. The average Bonchev–Trinajstić information content (AvgIpc) is 3.13. The smallest absolute Gasteiger partial charge is 0.200 e. The van der Waals surface area contributed by atoms with Crippen LogP contribution in [0.2, 0.25) is 0 Å². The van der Waals surface area contributed by atoms with E-state index < -0.39 is 11.8 Å². The molecule has 0 unspecified atom stereocenters. The fraction of sp³-hybridized carbons (Fsp3) is 1.00. The summed E-state index contributed by atoms with van der Waals surface area (Å²) in [6.07, 6.45) is 10.4. The van der Waals surface area contributed by atoms with E-state index in [1.54, 1.807) is 0 Å². The Morgan fingerprint density at radius 2 is 0.433 bits per heavy atom. The van der Waals surface area contributed by atoms with Crippen LogP contribution in [0, 0.1) is 45.3 Å². The van der Waals surface area contributed by atoms with Gasteiger partial charge in [-0.25, -0.2) is 17.6 Å². The molecule has 0 spiro atoms. The molecule has 0 amide bonds. The van der Waals surface area contributed by atoms with Gasteiger partial charge in [-0.05, 0) is 45.3 Å². The van der Waals surface area contributed by atoms with Crippen molar-refractivity contribution in [3.05, 3.63) is 0 Å². The van der Waals surface area contributed by atoms with Gasteiger partial charge in [0, 0.05) is 13.8 Å². The zero-order chi connectivity index (χ0) is 53.0. The molecule has 0 nitrogen and oxygen atoms in total. The van der Waals surface area contributed by atoms with Crippen LogP contribution in [-0.2, 0) is 0 Å². The third kappa shape index (κ3) is 225. The van der Waals surface area contributed by atoms with E-state index in [9.17, 15) is 17.6 Å². The van der Waals surface area contributed by atoms with Gasteiger partial charge >= 0.3 is 11.8 Å². The standard InChI is InChI=1S/C7H16.3C6H14.3C5H12.C4H6F4.C4H10.4C2H6/c1-5-7(3,4)6-2;2*1-5-6(2,3)4;1-4-6(3)5-2;1-5(2,3)4;2*1-4-5(2)3;1-3(5,6)4(2,7)8;1-4(2)3;4*1-2/h5-6H2,1-4H3;2*5H2,1-4H3;6H,4-5H2,1-3H3;1-4H3;2*5H,4H2,1-3H3;1-2H3;4H,1-3H3;4*1-2H3. The maximum atomic E-state index is 11.5. The minimum atomic E-state index is -3.90. The highest BCUT2D eigenvalue weighted by Gasteiger charge is 2.47. The Bertz CT molecular complexity index is 561. The second-order valence-electron chi connectivity index (χ2n) is 20.7. The Labute approximate surface area is 388 Å². The molecule has 0 aromatic heterocycles. The summed E-state index contributed by atoms with van der Waals surface area (Å²) in [4.78, 5) is 0. The Kier molecular flexibility index (Phi) is 99.1. The summed E-state index contributed by atoms with van der Waals surface area (Å²) in [5.41, 5.74) is 2.17. The summed E-state index contributed by atoms with van der Waals surface area (Å²) < 4.78 is 45.9. The third-order valence-electron chi connectivity index (χ3n) is 7.83. The zero-order valence-electron chi connectivity index (χ0n) is 50.5. The molecule has 0 fully saturated rings. The first kappa shape index (κ1) is 94.3. The van der Waals surface area contributed by atoms with Gasteiger partial charge in [0.25, 0.3) is 0 Å². The van der Waals surface area contributed by atoms with Crippen molar-refractivity contribution in [1.82, 2.24) is 0 Å². The summed E-state index contributed by atoms with van der Waals surface area (Å²) in [7, 11) is 0. The van der Waals surface area contributed by atoms with E-state index >= 15 is 0 Å². The Morgan fingerprint density at radius 1 is 0.317 bits per heavy atom. The van der Waals surface area contributed by atoms with Crippen LogP contribution in [-0.4, -0.2) is 11.8 Å². The third-order valence-corrected chi connectivity index (χ3v) is 7.83.